The van der Waals surface area contributed by atoms with Crippen LogP contribution in [0.15, 0.2) is 91.1 Å². The van der Waals surface area contributed by atoms with Crippen molar-refractivity contribution < 1.29 is 0 Å². The highest BCUT2D eigenvalue weighted by Gasteiger charge is 2.39. The summed E-state index contributed by atoms with van der Waals surface area (Å²) in [5, 5.41) is 10.1. The molecule has 1 heteroatoms. The molecule has 0 aromatic heterocycles. The lowest BCUT2D eigenvalue weighted by Gasteiger charge is -2.38. The Kier molecular flexibility index (Phi) is 7.09. The molecule has 0 spiro atoms. The summed E-state index contributed by atoms with van der Waals surface area (Å²) in [5.74, 6) is 7.52. The average molecular weight is 418 g/mol. The number of hydrogen-bond donors (Lipinski definition) is 0. The number of rotatable bonds is 5. The second-order valence-corrected chi connectivity index (χ2v) is 9.08. The number of hydrogen-bond acceptors (Lipinski definition) is 1. The van der Waals surface area contributed by atoms with Crippen LogP contribution in [0.5, 0.6) is 0 Å². The predicted molar refractivity (Wildman–Crippen MR) is 133 cm³/mol. The summed E-state index contributed by atoms with van der Waals surface area (Å²) >= 11 is 0. The van der Waals surface area contributed by atoms with Crippen molar-refractivity contribution in [3.05, 3.63) is 108 Å². The molecule has 1 saturated carbocycles. The SMILES string of the molecule is C=CCCc1ccc(C2CCC(C3(C#N)C=CC(C#Cc4ccccc4)=CC3)CC2)cc1. The molecule has 1 atom stereocenters. The molecule has 1 nitrogen and oxygen atoms in total. The van der Waals surface area contributed by atoms with Crippen molar-refractivity contribution in [1.29, 1.82) is 5.26 Å². The van der Waals surface area contributed by atoms with E-state index in [1.165, 1.54) is 24.0 Å². The molecule has 2 aromatic rings. The minimum atomic E-state index is -0.378. The van der Waals surface area contributed by atoms with Crippen LogP contribution in [-0.2, 0) is 6.42 Å². The van der Waals surface area contributed by atoms with E-state index in [0.29, 0.717) is 11.8 Å². The molecule has 160 valence electrons. The third-order valence-corrected chi connectivity index (χ3v) is 7.10. The molecule has 1 unspecified atom stereocenters. The Morgan fingerprint density at radius 2 is 1.72 bits per heavy atom. The van der Waals surface area contributed by atoms with E-state index in [0.717, 1.165) is 43.2 Å². The molecule has 0 bridgehead atoms. The van der Waals surface area contributed by atoms with Crippen LogP contribution in [0, 0.1) is 34.5 Å². The van der Waals surface area contributed by atoms with Gasteiger partial charge in [0.15, 0.2) is 0 Å². The third-order valence-electron chi connectivity index (χ3n) is 7.10. The van der Waals surface area contributed by atoms with Crippen molar-refractivity contribution in [3.63, 3.8) is 0 Å². The number of benzene rings is 2. The number of nitriles is 1. The molecule has 4 rings (SSSR count). The fourth-order valence-corrected chi connectivity index (χ4v) is 5.06. The van der Waals surface area contributed by atoms with E-state index < -0.39 is 0 Å². The van der Waals surface area contributed by atoms with Crippen molar-refractivity contribution in [1.82, 2.24) is 0 Å². The molecule has 2 aliphatic rings. The Labute approximate surface area is 193 Å². The average Bonchev–Trinajstić information content (AvgIpc) is 2.88. The van der Waals surface area contributed by atoms with Gasteiger partial charge in [0.1, 0.15) is 0 Å². The second-order valence-electron chi connectivity index (χ2n) is 9.08. The van der Waals surface area contributed by atoms with Crippen LogP contribution in [0.2, 0.25) is 0 Å². The van der Waals surface area contributed by atoms with E-state index in [1.807, 2.05) is 36.4 Å². The Bertz CT molecular complexity index is 1080. The number of nitrogens with zero attached hydrogens (tertiary/aromatic N) is 1. The summed E-state index contributed by atoms with van der Waals surface area (Å²) in [5.41, 5.74) is 4.50. The smallest absolute Gasteiger partial charge is 0.0819 e. The molecular weight excluding hydrogens is 386 g/mol. The van der Waals surface area contributed by atoms with Crippen LogP contribution < -0.4 is 0 Å². The molecule has 0 N–H and O–H groups in total. The first-order valence-corrected chi connectivity index (χ1v) is 11.8. The lowest BCUT2D eigenvalue weighted by molar-refractivity contribution is 0.212. The van der Waals surface area contributed by atoms with Crippen LogP contribution in [0.3, 0.4) is 0 Å². The Hall–Kier alpha value is -3.29. The van der Waals surface area contributed by atoms with Gasteiger partial charge in [-0.3, -0.25) is 0 Å². The van der Waals surface area contributed by atoms with E-state index in [1.54, 1.807) is 0 Å². The maximum atomic E-state index is 10.1. The topological polar surface area (TPSA) is 23.8 Å². The summed E-state index contributed by atoms with van der Waals surface area (Å²) in [6.45, 7) is 3.81. The van der Waals surface area contributed by atoms with Gasteiger partial charge in [-0.15, -0.1) is 6.58 Å². The molecule has 2 aliphatic carbocycles. The zero-order valence-electron chi connectivity index (χ0n) is 18.8. The van der Waals surface area contributed by atoms with Gasteiger partial charge in [0.05, 0.1) is 11.5 Å². The number of aryl methyl sites for hydroxylation is 1. The summed E-state index contributed by atoms with van der Waals surface area (Å²) in [4.78, 5) is 0. The zero-order valence-corrected chi connectivity index (χ0v) is 18.8. The molecular formula is C31H31N. The summed E-state index contributed by atoms with van der Waals surface area (Å²) < 4.78 is 0. The second kappa shape index (κ2) is 10.3. The Balaban J connectivity index is 1.36. The summed E-state index contributed by atoms with van der Waals surface area (Å²) in [7, 11) is 0. The minimum Gasteiger partial charge on any atom is -0.197 e. The van der Waals surface area contributed by atoms with E-state index >= 15 is 0 Å². The van der Waals surface area contributed by atoms with Crippen molar-refractivity contribution in [3.8, 4) is 17.9 Å². The lowest BCUT2D eigenvalue weighted by atomic mass is 9.64. The van der Waals surface area contributed by atoms with Crippen molar-refractivity contribution in [2.75, 3.05) is 0 Å². The summed E-state index contributed by atoms with van der Waals surface area (Å²) in [6.07, 6.45) is 15.8. The van der Waals surface area contributed by atoms with E-state index in [2.05, 4.69) is 67.0 Å². The van der Waals surface area contributed by atoms with Gasteiger partial charge >= 0.3 is 0 Å². The maximum Gasteiger partial charge on any atom is 0.0819 e. The van der Waals surface area contributed by atoms with Crippen molar-refractivity contribution in [2.24, 2.45) is 11.3 Å². The largest absolute Gasteiger partial charge is 0.197 e. The van der Waals surface area contributed by atoms with Crippen LogP contribution in [0.1, 0.15) is 61.1 Å². The Morgan fingerprint density at radius 1 is 0.969 bits per heavy atom. The predicted octanol–water partition coefficient (Wildman–Crippen LogP) is 7.53. The quantitative estimate of drug-likeness (QED) is 0.364. The zero-order chi connectivity index (χ0) is 22.2. The van der Waals surface area contributed by atoms with Crippen LogP contribution in [-0.4, -0.2) is 0 Å². The van der Waals surface area contributed by atoms with E-state index in [4.69, 9.17) is 0 Å². The van der Waals surface area contributed by atoms with Crippen molar-refractivity contribution >= 4 is 0 Å². The van der Waals surface area contributed by atoms with Gasteiger partial charge in [-0.2, -0.15) is 5.26 Å². The first-order valence-electron chi connectivity index (χ1n) is 11.8. The monoisotopic (exact) mass is 417 g/mol. The van der Waals surface area contributed by atoms with Gasteiger partial charge in [0.2, 0.25) is 0 Å². The van der Waals surface area contributed by atoms with Crippen LogP contribution >= 0.6 is 0 Å². The van der Waals surface area contributed by atoms with Crippen LogP contribution in [0.4, 0.5) is 0 Å². The molecule has 0 saturated heterocycles. The first-order chi connectivity index (χ1) is 15.7. The van der Waals surface area contributed by atoms with Gasteiger partial charge in [-0.25, -0.2) is 0 Å². The van der Waals surface area contributed by atoms with E-state index in [-0.39, 0.29) is 5.41 Å². The molecule has 2 aromatic carbocycles. The molecule has 1 fully saturated rings. The fourth-order valence-electron chi connectivity index (χ4n) is 5.06. The lowest BCUT2D eigenvalue weighted by Crippen LogP contribution is -2.31. The highest BCUT2D eigenvalue weighted by atomic mass is 14.4. The van der Waals surface area contributed by atoms with Gasteiger partial charge in [-0.05, 0) is 86.1 Å². The molecule has 0 amide bonds. The maximum absolute atomic E-state index is 10.1. The minimum absolute atomic E-state index is 0.378. The normalized spacial score (nSPS) is 24.5. The molecule has 32 heavy (non-hydrogen) atoms. The van der Waals surface area contributed by atoms with Gasteiger partial charge in [0, 0.05) is 11.1 Å². The highest BCUT2D eigenvalue weighted by molar-refractivity contribution is 5.47. The molecule has 0 aliphatic heterocycles. The van der Waals surface area contributed by atoms with Gasteiger partial charge in [-0.1, -0.05) is 72.5 Å². The Morgan fingerprint density at radius 3 is 2.34 bits per heavy atom. The van der Waals surface area contributed by atoms with Gasteiger partial charge < -0.3 is 0 Å². The van der Waals surface area contributed by atoms with Crippen molar-refractivity contribution in [2.45, 2.75) is 50.9 Å². The third kappa shape index (κ3) is 5.12. The van der Waals surface area contributed by atoms with E-state index in [9.17, 15) is 5.26 Å². The summed E-state index contributed by atoms with van der Waals surface area (Å²) in [6, 6.07) is 21.9. The standard InChI is InChI=1S/C31H31N/c1-2-3-7-26-12-14-28(15-13-26)29-16-18-30(19-17-29)31(24-32)22-20-27(21-23-31)11-10-25-8-5-4-6-9-25/h2,4-6,8-9,12-15,20-22,29-30H,1,3,7,16-19,23H2. The molecule has 0 radical (unpaired) electrons. The number of allylic oxidation sites excluding steroid dienone is 5. The van der Waals surface area contributed by atoms with Gasteiger partial charge in [0.25, 0.3) is 0 Å². The highest BCUT2D eigenvalue weighted by Crippen LogP contribution is 2.47. The fraction of sp³-hybridized carbons (Fsp3) is 0.323. The molecule has 0 heterocycles. The first kappa shape index (κ1) is 21.9. The van der Waals surface area contributed by atoms with Crippen LogP contribution in [0.25, 0.3) is 0 Å².